The predicted molar refractivity (Wildman–Crippen MR) is 115 cm³/mol. The van der Waals surface area contributed by atoms with Gasteiger partial charge in [0.2, 0.25) is 0 Å². The van der Waals surface area contributed by atoms with Crippen LogP contribution in [0.3, 0.4) is 0 Å². The van der Waals surface area contributed by atoms with Crippen molar-refractivity contribution in [2.75, 3.05) is 0 Å². The molecule has 36 heavy (non-hydrogen) atoms. The molecule has 0 atom stereocenters. The number of carboxylic acids is 2. The van der Waals surface area contributed by atoms with Crippen LogP contribution in [0.1, 0.15) is 16.7 Å². The van der Waals surface area contributed by atoms with E-state index in [0.717, 1.165) is 24.8 Å². The summed E-state index contributed by atoms with van der Waals surface area (Å²) in [6.45, 7) is 0.793. The first-order valence-electron chi connectivity index (χ1n) is 10.2. The Labute approximate surface area is 200 Å². The molecule has 0 aliphatic heterocycles. The number of benzene rings is 2. The molecule has 0 fully saturated rings. The van der Waals surface area contributed by atoms with Gasteiger partial charge in [-0.3, -0.25) is 4.98 Å². The molecule has 1 aliphatic rings. The van der Waals surface area contributed by atoms with E-state index in [0.29, 0.717) is 11.6 Å². The van der Waals surface area contributed by atoms with Gasteiger partial charge in [0.15, 0.2) is 0 Å². The first-order chi connectivity index (χ1) is 16.7. The number of carboxylic acid groups (broad SMARTS) is 2. The van der Waals surface area contributed by atoms with E-state index >= 15 is 0 Å². The van der Waals surface area contributed by atoms with Gasteiger partial charge in [-0.2, -0.15) is 26.3 Å². The second-order valence-corrected chi connectivity index (χ2v) is 7.50. The van der Waals surface area contributed by atoms with Gasteiger partial charge < -0.3 is 20.6 Å². The van der Waals surface area contributed by atoms with Gasteiger partial charge >= 0.3 is 24.3 Å². The number of aliphatic carboxylic acids is 2. The number of nitrogens with zero attached hydrogens (tertiary/aromatic N) is 1. The lowest BCUT2D eigenvalue weighted by atomic mass is 10.1. The van der Waals surface area contributed by atoms with E-state index < -0.39 is 24.3 Å². The second-order valence-electron chi connectivity index (χ2n) is 7.50. The Morgan fingerprint density at radius 2 is 1.36 bits per heavy atom. The monoisotopic (exact) mass is 518 g/mol. The number of pyridine rings is 1. The highest BCUT2D eigenvalue weighted by Crippen LogP contribution is 2.26. The summed E-state index contributed by atoms with van der Waals surface area (Å²) >= 11 is 0. The van der Waals surface area contributed by atoms with Crippen molar-refractivity contribution in [3.8, 4) is 5.75 Å². The smallest absolute Gasteiger partial charge is 0.490 e. The average Bonchev–Trinajstić information content (AvgIpc) is 3.21. The van der Waals surface area contributed by atoms with E-state index in [2.05, 4.69) is 34.6 Å². The SMILES string of the molecule is O=C(O)C(F)(F)F.O=C(O)C(F)(F)F.Oc1ccc(CNC2Cc3ccccc3C2)c2cccnc12. The first-order valence-corrected chi connectivity index (χ1v) is 10.2. The summed E-state index contributed by atoms with van der Waals surface area (Å²) in [5, 5.41) is 28.8. The Balaban J connectivity index is 0.000000271. The quantitative estimate of drug-likeness (QED) is 0.378. The predicted octanol–water partition coefficient (Wildman–Crippen LogP) is 4.46. The van der Waals surface area contributed by atoms with Crippen LogP contribution in [0, 0.1) is 0 Å². The minimum absolute atomic E-state index is 0.243. The molecular formula is C23H20F6N2O5. The summed E-state index contributed by atoms with van der Waals surface area (Å²) in [6.07, 6.45) is -6.28. The molecule has 4 rings (SSSR count). The molecule has 0 spiro atoms. The van der Waals surface area contributed by atoms with Crippen molar-refractivity contribution in [3.63, 3.8) is 0 Å². The van der Waals surface area contributed by atoms with Crippen LogP contribution >= 0.6 is 0 Å². The van der Waals surface area contributed by atoms with Crippen molar-refractivity contribution in [1.82, 2.24) is 10.3 Å². The molecule has 4 N–H and O–H groups in total. The molecule has 2 aromatic carbocycles. The molecule has 1 aromatic heterocycles. The Hall–Kier alpha value is -3.87. The molecule has 3 aromatic rings. The summed E-state index contributed by atoms with van der Waals surface area (Å²) in [5.41, 5.74) is 4.77. The minimum Gasteiger partial charge on any atom is -0.506 e. The number of phenols is 1. The third-order valence-electron chi connectivity index (χ3n) is 4.96. The van der Waals surface area contributed by atoms with Crippen molar-refractivity contribution < 1.29 is 51.3 Å². The lowest BCUT2D eigenvalue weighted by molar-refractivity contribution is -0.193. The maximum absolute atomic E-state index is 10.6. The van der Waals surface area contributed by atoms with Gasteiger partial charge in [0.1, 0.15) is 11.3 Å². The van der Waals surface area contributed by atoms with Crippen LogP contribution in [0.5, 0.6) is 5.75 Å². The zero-order chi connectivity index (χ0) is 27.1. The maximum atomic E-state index is 10.6. The van der Waals surface area contributed by atoms with E-state index in [1.54, 1.807) is 12.3 Å². The topological polar surface area (TPSA) is 120 Å². The Morgan fingerprint density at radius 3 is 1.83 bits per heavy atom. The molecule has 13 heteroatoms. The summed E-state index contributed by atoms with van der Waals surface area (Å²) in [4.78, 5) is 22.1. The average molecular weight is 518 g/mol. The van der Waals surface area contributed by atoms with Crippen LogP contribution in [-0.4, -0.2) is 50.6 Å². The number of aromatic nitrogens is 1. The van der Waals surface area contributed by atoms with Crippen LogP contribution in [0.4, 0.5) is 26.3 Å². The Morgan fingerprint density at radius 1 is 0.861 bits per heavy atom. The van der Waals surface area contributed by atoms with Gasteiger partial charge in [0.25, 0.3) is 0 Å². The molecule has 194 valence electrons. The number of nitrogens with one attached hydrogen (secondary N) is 1. The van der Waals surface area contributed by atoms with E-state index in [1.165, 1.54) is 16.7 Å². The van der Waals surface area contributed by atoms with Gasteiger partial charge in [-0.05, 0) is 41.7 Å². The second kappa shape index (κ2) is 11.7. The van der Waals surface area contributed by atoms with E-state index in [1.807, 2.05) is 18.2 Å². The van der Waals surface area contributed by atoms with Gasteiger partial charge in [-0.25, -0.2) is 9.59 Å². The zero-order valence-corrected chi connectivity index (χ0v) is 18.3. The van der Waals surface area contributed by atoms with E-state index in [9.17, 15) is 31.4 Å². The number of hydrogen-bond donors (Lipinski definition) is 4. The number of alkyl halides is 6. The number of phenolic OH excluding ortho intramolecular Hbond substituents is 1. The fourth-order valence-corrected chi connectivity index (χ4v) is 3.33. The Kier molecular flexibility index (Phi) is 9.23. The molecule has 7 nitrogen and oxygen atoms in total. The molecule has 1 aliphatic carbocycles. The third-order valence-corrected chi connectivity index (χ3v) is 4.96. The Bertz CT molecular complexity index is 1160. The summed E-state index contributed by atoms with van der Waals surface area (Å²) < 4.78 is 63.5. The van der Waals surface area contributed by atoms with E-state index in [4.69, 9.17) is 19.8 Å². The van der Waals surface area contributed by atoms with Crippen LogP contribution in [0.25, 0.3) is 10.9 Å². The standard InChI is InChI=1S/C19H18N2O.2C2HF3O2/c22-18-8-7-15(17-6-3-9-20-19(17)18)12-21-16-10-13-4-1-2-5-14(13)11-16;2*3-2(4,5)1(6)7/h1-9,16,21-22H,10-12H2;2*(H,6,7). The van der Waals surface area contributed by atoms with Crippen molar-refractivity contribution >= 4 is 22.8 Å². The van der Waals surface area contributed by atoms with Crippen molar-refractivity contribution in [2.45, 2.75) is 37.8 Å². The molecule has 0 unspecified atom stereocenters. The van der Waals surface area contributed by atoms with Gasteiger partial charge in [-0.1, -0.05) is 36.4 Å². The van der Waals surface area contributed by atoms with Crippen molar-refractivity contribution in [1.29, 1.82) is 0 Å². The first kappa shape index (κ1) is 28.4. The van der Waals surface area contributed by atoms with Gasteiger partial charge in [-0.15, -0.1) is 0 Å². The maximum Gasteiger partial charge on any atom is 0.490 e. The summed E-state index contributed by atoms with van der Waals surface area (Å²) in [5.74, 6) is -5.27. The summed E-state index contributed by atoms with van der Waals surface area (Å²) in [7, 11) is 0. The molecule has 0 saturated heterocycles. The highest BCUT2D eigenvalue weighted by molar-refractivity contribution is 5.87. The third kappa shape index (κ3) is 8.12. The van der Waals surface area contributed by atoms with E-state index in [-0.39, 0.29) is 5.75 Å². The van der Waals surface area contributed by atoms with Gasteiger partial charge in [0, 0.05) is 24.2 Å². The fourth-order valence-electron chi connectivity index (χ4n) is 3.33. The molecule has 0 radical (unpaired) electrons. The molecule has 0 bridgehead atoms. The normalized spacial score (nSPS) is 13.2. The van der Waals surface area contributed by atoms with Crippen molar-refractivity contribution in [3.05, 3.63) is 71.4 Å². The number of aromatic hydroxyl groups is 1. The van der Waals surface area contributed by atoms with Crippen LogP contribution in [0.2, 0.25) is 0 Å². The molecule has 0 amide bonds. The number of halogens is 6. The van der Waals surface area contributed by atoms with Gasteiger partial charge in [0.05, 0.1) is 0 Å². The molecule has 1 heterocycles. The van der Waals surface area contributed by atoms with Crippen molar-refractivity contribution in [2.24, 2.45) is 0 Å². The molecular weight excluding hydrogens is 498 g/mol. The van der Waals surface area contributed by atoms with Crippen LogP contribution in [0.15, 0.2) is 54.7 Å². The van der Waals surface area contributed by atoms with Crippen LogP contribution in [-0.2, 0) is 29.0 Å². The lowest BCUT2D eigenvalue weighted by Crippen LogP contribution is -2.29. The fraction of sp³-hybridized carbons (Fsp3) is 0.261. The number of carbonyl (C=O) groups is 2. The lowest BCUT2D eigenvalue weighted by Gasteiger charge is -2.13. The highest BCUT2D eigenvalue weighted by atomic mass is 19.4. The number of rotatable bonds is 3. The van der Waals surface area contributed by atoms with Crippen LogP contribution < -0.4 is 5.32 Å². The minimum atomic E-state index is -5.08. The number of fused-ring (bicyclic) bond motifs is 2. The number of hydrogen-bond acceptors (Lipinski definition) is 5. The summed E-state index contributed by atoms with van der Waals surface area (Å²) in [6, 6.07) is 16.8. The molecule has 0 saturated carbocycles. The highest BCUT2D eigenvalue weighted by Gasteiger charge is 2.38. The zero-order valence-electron chi connectivity index (χ0n) is 18.3. The largest absolute Gasteiger partial charge is 0.506 e.